The van der Waals surface area contributed by atoms with Crippen LogP contribution in [-0.4, -0.2) is 23.9 Å². The third kappa shape index (κ3) is 6.85. The highest BCUT2D eigenvalue weighted by molar-refractivity contribution is 8.00. The summed E-state index contributed by atoms with van der Waals surface area (Å²) in [6, 6.07) is 11.2. The molecule has 0 aromatic heterocycles. The molecule has 2 N–H and O–H groups in total. The summed E-state index contributed by atoms with van der Waals surface area (Å²) >= 11 is 5.52. The van der Waals surface area contributed by atoms with Crippen LogP contribution in [0.3, 0.4) is 0 Å². The van der Waals surface area contributed by atoms with Crippen LogP contribution in [0.15, 0.2) is 53.4 Å². The molecule has 0 heterocycles. The summed E-state index contributed by atoms with van der Waals surface area (Å²) in [5.74, 6) is -0.989. The van der Waals surface area contributed by atoms with E-state index in [0.29, 0.717) is 5.02 Å². The van der Waals surface area contributed by atoms with Crippen LogP contribution in [0.5, 0.6) is 5.75 Å². The van der Waals surface area contributed by atoms with Gasteiger partial charge in [-0.15, -0.1) is 0 Å². The van der Waals surface area contributed by atoms with E-state index >= 15 is 0 Å². The van der Waals surface area contributed by atoms with Crippen LogP contribution in [0, 0.1) is 0 Å². The number of benzene rings is 2. The Morgan fingerprint density at radius 2 is 1.77 bits per heavy atom. The van der Waals surface area contributed by atoms with Crippen LogP contribution in [0.2, 0.25) is 5.02 Å². The summed E-state index contributed by atoms with van der Waals surface area (Å²) in [5, 5.41) is 0.374. The van der Waals surface area contributed by atoms with E-state index < -0.39 is 23.9 Å². The van der Waals surface area contributed by atoms with Crippen molar-refractivity contribution < 1.29 is 27.5 Å². The first-order valence-electron chi connectivity index (χ1n) is 7.06. The van der Waals surface area contributed by atoms with Crippen LogP contribution < -0.4 is 15.6 Å². The molecule has 0 saturated carbocycles. The molecule has 10 heteroatoms. The van der Waals surface area contributed by atoms with E-state index in [-0.39, 0.29) is 28.0 Å². The Bertz CT molecular complexity index is 785. The van der Waals surface area contributed by atoms with Crippen molar-refractivity contribution in [3.8, 4) is 5.75 Å². The maximum absolute atomic E-state index is 12.2. The largest absolute Gasteiger partial charge is 0.484 e. The molecule has 0 aliphatic carbocycles. The topological polar surface area (TPSA) is 67.4 Å². The van der Waals surface area contributed by atoms with Crippen molar-refractivity contribution in [2.24, 2.45) is 0 Å². The Labute approximate surface area is 155 Å². The van der Waals surface area contributed by atoms with Gasteiger partial charge in [0.1, 0.15) is 5.75 Å². The van der Waals surface area contributed by atoms with Gasteiger partial charge >= 0.3 is 5.51 Å². The summed E-state index contributed by atoms with van der Waals surface area (Å²) in [4.78, 5) is 23.5. The fourth-order valence-corrected chi connectivity index (χ4v) is 2.48. The summed E-state index contributed by atoms with van der Waals surface area (Å²) in [6.07, 6.45) is 0. The molecule has 2 rings (SSSR count). The molecule has 0 spiro atoms. The normalized spacial score (nSPS) is 10.9. The number of nitrogens with one attached hydrogen (secondary N) is 2. The van der Waals surface area contributed by atoms with Gasteiger partial charge in [-0.1, -0.05) is 17.7 Å². The average molecular weight is 405 g/mol. The van der Waals surface area contributed by atoms with Crippen molar-refractivity contribution in [2.45, 2.75) is 10.4 Å². The van der Waals surface area contributed by atoms with Gasteiger partial charge in [0.2, 0.25) is 0 Å². The lowest BCUT2D eigenvalue weighted by Gasteiger charge is -2.10. The van der Waals surface area contributed by atoms with Gasteiger partial charge in [0.25, 0.3) is 11.8 Å². The molecule has 0 bridgehead atoms. The first-order chi connectivity index (χ1) is 12.2. The third-order valence-corrected chi connectivity index (χ3v) is 3.80. The van der Waals surface area contributed by atoms with Gasteiger partial charge in [-0.05, 0) is 54.2 Å². The van der Waals surface area contributed by atoms with Crippen molar-refractivity contribution in [1.82, 2.24) is 10.9 Å². The molecule has 2 aromatic carbocycles. The van der Waals surface area contributed by atoms with Gasteiger partial charge in [-0.2, -0.15) is 13.2 Å². The van der Waals surface area contributed by atoms with Gasteiger partial charge in [0.05, 0.1) is 0 Å². The van der Waals surface area contributed by atoms with E-state index in [9.17, 15) is 22.8 Å². The summed E-state index contributed by atoms with van der Waals surface area (Å²) < 4.78 is 41.8. The second-order valence-electron chi connectivity index (χ2n) is 4.82. The molecule has 0 aliphatic rings. The lowest BCUT2D eigenvalue weighted by molar-refractivity contribution is -0.123. The molecule has 0 aliphatic heterocycles. The minimum atomic E-state index is -4.37. The number of carbonyl (C=O) groups excluding carboxylic acids is 2. The number of rotatable bonds is 5. The Hall–Kier alpha value is -2.39. The van der Waals surface area contributed by atoms with Gasteiger partial charge in [-0.3, -0.25) is 20.4 Å². The quantitative estimate of drug-likeness (QED) is 0.587. The smallest absolute Gasteiger partial charge is 0.446 e. The zero-order valence-electron chi connectivity index (χ0n) is 13.0. The van der Waals surface area contributed by atoms with Crippen LogP contribution in [0.1, 0.15) is 10.4 Å². The molecule has 0 saturated heterocycles. The van der Waals surface area contributed by atoms with Crippen LogP contribution in [0.25, 0.3) is 0 Å². The summed E-state index contributed by atoms with van der Waals surface area (Å²) in [7, 11) is 0. The average Bonchev–Trinajstić information content (AvgIpc) is 2.57. The maximum atomic E-state index is 12.2. The van der Waals surface area contributed by atoms with Crippen molar-refractivity contribution in [3.63, 3.8) is 0 Å². The van der Waals surface area contributed by atoms with Crippen molar-refractivity contribution in [2.75, 3.05) is 6.61 Å². The number of alkyl halides is 3. The zero-order valence-corrected chi connectivity index (χ0v) is 14.5. The van der Waals surface area contributed by atoms with Gasteiger partial charge < -0.3 is 4.74 Å². The van der Waals surface area contributed by atoms with Crippen molar-refractivity contribution >= 4 is 35.2 Å². The monoisotopic (exact) mass is 404 g/mol. The highest BCUT2D eigenvalue weighted by atomic mass is 35.5. The molecule has 0 fully saturated rings. The number of ether oxygens (including phenoxy) is 1. The number of carbonyl (C=O) groups is 2. The van der Waals surface area contributed by atoms with E-state index in [0.717, 1.165) is 0 Å². The molecule has 26 heavy (non-hydrogen) atoms. The minimum Gasteiger partial charge on any atom is -0.484 e. The van der Waals surface area contributed by atoms with Crippen molar-refractivity contribution in [3.05, 3.63) is 59.1 Å². The number of amides is 2. The molecule has 0 unspecified atom stereocenters. The van der Waals surface area contributed by atoms with Crippen LogP contribution in [0.4, 0.5) is 13.2 Å². The predicted molar refractivity (Wildman–Crippen MR) is 90.9 cm³/mol. The van der Waals surface area contributed by atoms with E-state index in [1.807, 2.05) is 0 Å². The number of halogens is 4. The summed E-state index contributed by atoms with van der Waals surface area (Å²) in [5.41, 5.74) is 0.234. The zero-order chi connectivity index (χ0) is 19.2. The molecule has 2 aromatic rings. The molecule has 5 nitrogen and oxygen atoms in total. The maximum Gasteiger partial charge on any atom is 0.446 e. The first-order valence-corrected chi connectivity index (χ1v) is 8.26. The van der Waals surface area contributed by atoms with E-state index in [4.69, 9.17) is 16.3 Å². The Morgan fingerprint density at radius 1 is 1.08 bits per heavy atom. The molecule has 0 radical (unpaired) electrons. The van der Waals surface area contributed by atoms with Gasteiger partial charge in [-0.25, -0.2) is 0 Å². The SMILES string of the molecule is O=C(COc1ccc(SC(F)(F)F)cc1)NNC(=O)c1cccc(Cl)c1. The Balaban J connectivity index is 1.77. The Morgan fingerprint density at radius 3 is 2.38 bits per heavy atom. The lowest BCUT2D eigenvalue weighted by atomic mass is 10.2. The number of hydrogen-bond donors (Lipinski definition) is 2. The standard InChI is InChI=1S/C16H12ClF3N2O3S/c17-11-3-1-2-10(8-11)15(24)22-21-14(23)9-25-12-4-6-13(7-5-12)26-16(18,19)20/h1-8H,9H2,(H,21,23)(H,22,24). The third-order valence-electron chi connectivity index (χ3n) is 2.83. The van der Waals surface area contributed by atoms with Gasteiger partial charge in [0.15, 0.2) is 6.61 Å². The second kappa shape index (κ2) is 8.81. The second-order valence-corrected chi connectivity index (χ2v) is 6.40. The fourth-order valence-electron chi connectivity index (χ4n) is 1.75. The van der Waals surface area contributed by atoms with Crippen LogP contribution >= 0.6 is 23.4 Å². The summed E-state index contributed by atoms with van der Waals surface area (Å²) in [6.45, 7) is -0.429. The van der Waals surface area contributed by atoms with E-state index in [2.05, 4.69) is 10.9 Å². The molecule has 0 atom stereocenters. The van der Waals surface area contributed by atoms with Gasteiger partial charge in [0, 0.05) is 15.5 Å². The lowest BCUT2D eigenvalue weighted by Crippen LogP contribution is -2.43. The molecular formula is C16H12ClF3N2O3S. The Kier molecular flexibility index (Phi) is 6.76. The fraction of sp³-hybridized carbons (Fsp3) is 0.125. The number of thioether (sulfide) groups is 1. The molecular weight excluding hydrogens is 393 g/mol. The molecule has 138 valence electrons. The number of hydrogen-bond acceptors (Lipinski definition) is 4. The first kappa shape index (κ1) is 19.9. The molecule has 2 amide bonds. The predicted octanol–water partition coefficient (Wildman–Crippen LogP) is 3.79. The highest BCUT2D eigenvalue weighted by Gasteiger charge is 2.29. The van der Waals surface area contributed by atoms with Crippen LogP contribution in [-0.2, 0) is 4.79 Å². The van der Waals surface area contributed by atoms with E-state index in [1.54, 1.807) is 12.1 Å². The van der Waals surface area contributed by atoms with Crippen molar-refractivity contribution in [1.29, 1.82) is 0 Å². The minimum absolute atomic E-state index is 0.00286. The number of hydrazine groups is 1. The highest BCUT2D eigenvalue weighted by Crippen LogP contribution is 2.37. The van der Waals surface area contributed by atoms with E-state index in [1.165, 1.54) is 36.4 Å².